The van der Waals surface area contributed by atoms with Crippen LogP contribution in [0.4, 0.5) is 0 Å². The van der Waals surface area contributed by atoms with Gasteiger partial charge in [-0.1, -0.05) is 12.1 Å². The molecule has 0 bridgehead atoms. The molecule has 0 radical (unpaired) electrons. The van der Waals surface area contributed by atoms with Crippen LogP contribution in [-0.2, 0) is 11.3 Å². The van der Waals surface area contributed by atoms with Crippen molar-refractivity contribution in [3.8, 4) is 11.5 Å². The SMILES string of the molecule is O=C(Cn1cnc2ccccc21)NN=Cc1ccc(O)cc1O. The summed E-state index contributed by atoms with van der Waals surface area (Å²) in [6, 6.07) is 11.6. The average molecular weight is 310 g/mol. The predicted octanol–water partition coefficient (Wildman–Crippen LogP) is 1.60. The Labute approximate surface area is 131 Å². The fourth-order valence-electron chi connectivity index (χ4n) is 2.14. The highest BCUT2D eigenvalue weighted by Crippen LogP contribution is 2.20. The van der Waals surface area contributed by atoms with Crippen LogP contribution in [0.25, 0.3) is 11.0 Å². The van der Waals surface area contributed by atoms with Gasteiger partial charge in [-0.25, -0.2) is 10.4 Å². The quantitative estimate of drug-likeness (QED) is 0.503. The second-order valence-corrected chi connectivity index (χ2v) is 4.90. The number of carbonyl (C=O) groups excluding carboxylic acids is 1. The molecule has 0 saturated carbocycles. The molecule has 3 N–H and O–H groups in total. The molecule has 1 heterocycles. The van der Waals surface area contributed by atoms with Crippen molar-refractivity contribution in [3.63, 3.8) is 0 Å². The van der Waals surface area contributed by atoms with Crippen molar-refractivity contribution in [2.75, 3.05) is 0 Å². The molecule has 3 aromatic rings. The zero-order valence-electron chi connectivity index (χ0n) is 12.0. The Morgan fingerprint density at radius 1 is 1.26 bits per heavy atom. The van der Waals surface area contributed by atoms with Crippen LogP contribution in [0.3, 0.4) is 0 Å². The van der Waals surface area contributed by atoms with Crippen molar-refractivity contribution < 1.29 is 15.0 Å². The first kappa shape index (κ1) is 14.6. The maximum Gasteiger partial charge on any atom is 0.260 e. The fraction of sp³-hybridized carbons (Fsp3) is 0.0625. The molecule has 0 aliphatic carbocycles. The zero-order valence-corrected chi connectivity index (χ0v) is 12.0. The van der Waals surface area contributed by atoms with E-state index in [-0.39, 0.29) is 24.0 Å². The summed E-state index contributed by atoms with van der Waals surface area (Å²) in [5, 5.41) is 22.6. The molecule has 0 aliphatic rings. The molecule has 0 spiro atoms. The minimum atomic E-state index is -0.317. The maximum absolute atomic E-state index is 11.9. The van der Waals surface area contributed by atoms with Gasteiger partial charge in [-0.05, 0) is 24.3 Å². The van der Waals surface area contributed by atoms with Crippen molar-refractivity contribution in [2.45, 2.75) is 6.54 Å². The van der Waals surface area contributed by atoms with E-state index in [0.717, 1.165) is 11.0 Å². The number of imidazole rings is 1. The monoisotopic (exact) mass is 310 g/mol. The number of rotatable bonds is 4. The van der Waals surface area contributed by atoms with E-state index in [2.05, 4.69) is 15.5 Å². The first-order valence-electron chi connectivity index (χ1n) is 6.87. The summed E-state index contributed by atoms with van der Waals surface area (Å²) >= 11 is 0. The van der Waals surface area contributed by atoms with Crippen molar-refractivity contribution >= 4 is 23.2 Å². The number of nitrogens with one attached hydrogen (secondary N) is 1. The lowest BCUT2D eigenvalue weighted by Gasteiger charge is -2.03. The molecular formula is C16H14N4O3. The van der Waals surface area contributed by atoms with E-state index < -0.39 is 0 Å². The van der Waals surface area contributed by atoms with E-state index in [1.165, 1.54) is 24.4 Å². The topological polar surface area (TPSA) is 99.7 Å². The third-order valence-electron chi connectivity index (χ3n) is 3.25. The minimum Gasteiger partial charge on any atom is -0.508 e. The Morgan fingerprint density at radius 3 is 2.91 bits per heavy atom. The lowest BCUT2D eigenvalue weighted by Crippen LogP contribution is -2.22. The largest absolute Gasteiger partial charge is 0.508 e. The van der Waals surface area contributed by atoms with Crippen molar-refractivity contribution in [1.82, 2.24) is 15.0 Å². The molecule has 1 aromatic heterocycles. The summed E-state index contributed by atoms with van der Waals surface area (Å²) in [4.78, 5) is 16.1. The molecule has 3 rings (SSSR count). The number of nitrogens with zero attached hydrogens (tertiary/aromatic N) is 3. The van der Waals surface area contributed by atoms with Crippen molar-refractivity contribution in [1.29, 1.82) is 0 Å². The number of aromatic hydroxyl groups is 2. The lowest BCUT2D eigenvalue weighted by molar-refractivity contribution is -0.121. The molecule has 0 atom stereocenters. The third-order valence-corrected chi connectivity index (χ3v) is 3.25. The van der Waals surface area contributed by atoms with Gasteiger partial charge >= 0.3 is 0 Å². The summed E-state index contributed by atoms with van der Waals surface area (Å²) in [5.74, 6) is -0.484. The summed E-state index contributed by atoms with van der Waals surface area (Å²) < 4.78 is 1.72. The standard InChI is InChI=1S/C16H14N4O3/c21-12-6-5-11(15(22)7-12)8-18-19-16(23)9-20-10-17-13-3-1-2-4-14(13)20/h1-8,10,21-22H,9H2,(H,19,23). The molecule has 7 heteroatoms. The summed E-state index contributed by atoms with van der Waals surface area (Å²) in [5.41, 5.74) is 4.45. The van der Waals surface area contributed by atoms with E-state index in [1.807, 2.05) is 24.3 Å². The number of carbonyl (C=O) groups is 1. The van der Waals surface area contributed by atoms with E-state index in [1.54, 1.807) is 10.9 Å². The van der Waals surface area contributed by atoms with Gasteiger partial charge in [0, 0.05) is 11.6 Å². The minimum absolute atomic E-state index is 0.0457. The van der Waals surface area contributed by atoms with Gasteiger partial charge in [-0.2, -0.15) is 5.10 Å². The third kappa shape index (κ3) is 3.29. The number of phenolic OH excluding ortho intramolecular Hbond substituents is 2. The Balaban J connectivity index is 1.64. The fourth-order valence-corrected chi connectivity index (χ4v) is 2.14. The summed E-state index contributed by atoms with van der Waals surface area (Å²) in [7, 11) is 0. The first-order chi connectivity index (χ1) is 11.1. The maximum atomic E-state index is 11.9. The van der Waals surface area contributed by atoms with Gasteiger partial charge in [-0.3, -0.25) is 4.79 Å². The van der Waals surface area contributed by atoms with E-state index in [9.17, 15) is 15.0 Å². The van der Waals surface area contributed by atoms with Crippen LogP contribution >= 0.6 is 0 Å². The van der Waals surface area contributed by atoms with Gasteiger partial charge in [0.05, 0.1) is 23.6 Å². The highest BCUT2D eigenvalue weighted by atomic mass is 16.3. The second kappa shape index (κ2) is 6.18. The number of hydrogen-bond donors (Lipinski definition) is 3. The molecule has 2 aromatic carbocycles. The number of phenols is 2. The number of hydrazone groups is 1. The van der Waals surface area contributed by atoms with Crippen LogP contribution in [0.2, 0.25) is 0 Å². The molecule has 116 valence electrons. The van der Waals surface area contributed by atoms with Gasteiger partial charge in [0.25, 0.3) is 5.91 Å². The van der Waals surface area contributed by atoms with Crippen LogP contribution < -0.4 is 5.43 Å². The van der Waals surface area contributed by atoms with Crippen LogP contribution in [0.5, 0.6) is 11.5 Å². The number of hydrogen-bond acceptors (Lipinski definition) is 5. The zero-order chi connectivity index (χ0) is 16.2. The first-order valence-corrected chi connectivity index (χ1v) is 6.87. The van der Waals surface area contributed by atoms with Crippen molar-refractivity contribution in [2.24, 2.45) is 5.10 Å². The van der Waals surface area contributed by atoms with E-state index in [4.69, 9.17) is 0 Å². The highest BCUT2D eigenvalue weighted by Gasteiger charge is 2.06. The number of aromatic nitrogens is 2. The molecule has 23 heavy (non-hydrogen) atoms. The summed E-state index contributed by atoms with van der Waals surface area (Å²) in [6.07, 6.45) is 2.90. The lowest BCUT2D eigenvalue weighted by atomic mass is 10.2. The molecule has 0 aliphatic heterocycles. The van der Waals surface area contributed by atoms with Crippen molar-refractivity contribution in [3.05, 3.63) is 54.4 Å². The second-order valence-electron chi connectivity index (χ2n) is 4.90. The number of para-hydroxylation sites is 2. The number of benzene rings is 2. The van der Waals surface area contributed by atoms with Crippen LogP contribution in [0.1, 0.15) is 5.56 Å². The van der Waals surface area contributed by atoms with Gasteiger partial charge < -0.3 is 14.8 Å². The predicted molar refractivity (Wildman–Crippen MR) is 85.2 cm³/mol. The average Bonchev–Trinajstić information content (AvgIpc) is 2.93. The Kier molecular flexibility index (Phi) is 3.92. The van der Waals surface area contributed by atoms with E-state index >= 15 is 0 Å². The molecule has 0 unspecified atom stereocenters. The summed E-state index contributed by atoms with van der Waals surface area (Å²) in [6.45, 7) is 0.0828. The molecule has 1 amide bonds. The van der Waals surface area contributed by atoms with Crippen LogP contribution in [-0.4, -0.2) is 31.9 Å². The molecular weight excluding hydrogens is 296 g/mol. The smallest absolute Gasteiger partial charge is 0.260 e. The van der Waals surface area contributed by atoms with Crippen LogP contribution in [0, 0.1) is 0 Å². The normalized spacial score (nSPS) is 11.1. The van der Waals surface area contributed by atoms with Gasteiger partial charge in [0.2, 0.25) is 0 Å². The number of amides is 1. The Hall–Kier alpha value is -3.35. The Bertz CT molecular complexity index is 886. The van der Waals surface area contributed by atoms with Gasteiger partial charge in [0.1, 0.15) is 18.0 Å². The molecule has 0 saturated heterocycles. The van der Waals surface area contributed by atoms with Gasteiger partial charge in [0.15, 0.2) is 0 Å². The molecule has 7 nitrogen and oxygen atoms in total. The van der Waals surface area contributed by atoms with Gasteiger partial charge in [-0.15, -0.1) is 0 Å². The highest BCUT2D eigenvalue weighted by molar-refractivity contribution is 5.85. The van der Waals surface area contributed by atoms with E-state index in [0.29, 0.717) is 5.56 Å². The number of fused-ring (bicyclic) bond motifs is 1. The molecule has 0 fully saturated rings. The van der Waals surface area contributed by atoms with Crippen LogP contribution in [0.15, 0.2) is 53.9 Å². The Morgan fingerprint density at radius 2 is 2.09 bits per heavy atom.